The van der Waals surface area contributed by atoms with E-state index in [9.17, 15) is 4.79 Å². The zero-order chi connectivity index (χ0) is 17.5. The molecule has 6 nitrogen and oxygen atoms in total. The van der Waals surface area contributed by atoms with Crippen LogP contribution in [-0.4, -0.2) is 25.1 Å². The summed E-state index contributed by atoms with van der Waals surface area (Å²) in [5.41, 5.74) is 8.12. The van der Waals surface area contributed by atoms with Gasteiger partial charge in [-0.1, -0.05) is 42.0 Å². The van der Waals surface area contributed by atoms with Crippen molar-refractivity contribution in [1.29, 1.82) is 5.41 Å². The molecule has 1 unspecified atom stereocenters. The summed E-state index contributed by atoms with van der Waals surface area (Å²) in [6, 6.07) is 14.6. The first kappa shape index (κ1) is 20.5. The molecule has 0 fully saturated rings. The van der Waals surface area contributed by atoms with Crippen molar-refractivity contribution >= 4 is 24.2 Å². The van der Waals surface area contributed by atoms with Crippen molar-refractivity contribution in [2.24, 2.45) is 5.73 Å². The van der Waals surface area contributed by atoms with Gasteiger partial charge in [-0.05, 0) is 24.6 Å². The predicted octanol–water partition coefficient (Wildman–Crippen LogP) is 2.37. The van der Waals surface area contributed by atoms with Gasteiger partial charge in [-0.15, -0.1) is 12.4 Å². The van der Waals surface area contributed by atoms with E-state index in [4.69, 9.17) is 20.6 Å². The minimum absolute atomic E-state index is 0. The van der Waals surface area contributed by atoms with Crippen LogP contribution in [0, 0.1) is 12.3 Å². The first-order valence-electron chi connectivity index (χ1n) is 7.47. The van der Waals surface area contributed by atoms with Crippen LogP contribution >= 0.6 is 12.4 Å². The lowest BCUT2D eigenvalue weighted by molar-refractivity contribution is -0.150. The van der Waals surface area contributed by atoms with Crippen LogP contribution in [0.4, 0.5) is 0 Å². The summed E-state index contributed by atoms with van der Waals surface area (Å²) in [4.78, 5) is 11.9. The molecule has 0 aromatic heterocycles. The number of halogens is 1. The Kier molecular flexibility index (Phi) is 7.91. The van der Waals surface area contributed by atoms with Crippen LogP contribution in [0.3, 0.4) is 0 Å². The topological polar surface area (TPSA) is 97.4 Å². The average Bonchev–Trinajstić information content (AvgIpc) is 2.60. The Morgan fingerprint density at radius 1 is 1.16 bits per heavy atom. The van der Waals surface area contributed by atoms with Crippen molar-refractivity contribution in [3.63, 3.8) is 0 Å². The normalized spacial score (nSPS) is 11.1. The molecule has 0 bridgehead atoms. The number of aryl methyl sites for hydroxylation is 1. The number of nitrogen functional groups attached to an aromatic ring is 1. The van der Waals surface area contributed by atoms with E-state index in [0.717, 1.165) is 11.1 Å². The molecule has 7 heteroatoms. The van der Waals surface area contributed by atoms with Crippen molar-refractivity contribution < 1.29 is 14.3 Å². The summed E-state index contributed by atoms with van der Waals surface area (Å²) < 4.78 is 10.4. The Hall–Kier alpha value is -2.57. The van der Waals surface area contributed by atoms with E-state index in [1.807, 2.05) is 31.2 Å². The summed E-state index contributed by atoms with van der Waals surface area (Å²) in [7, 11) is 1.32. The highest BCUT2D eigenvalue weighted by Gasteiger charge is 2.20. The second-order valence-electron chi connectivity index (χ2n) is 5.33. The standard InChI is InChI=1S/C18H21N3O3.ClH/c1-12-3-9-15(10-4-12)24-17(18(22)23-2)21-11-13-5-7-14(8-6-13)16(19)20;/h3-10,17,21H,11H2,1-2H3,(H3,19,20);1H. The molecule has 0 saturated carbocycles. The highest BCUT2D eigenvalue weighted by Crippen LogP contribution is 2.13. The van der Waals surface area contributed by atoms with Crippen LogP contribution in [0.15, 0.2) is 48.5 Å². The first-order valence-corrected chi connectivity index (χ1v) is 7.47. The number of nitrogens with one attached hydrogen (secondary N) is 2. The second kappa shape index (κ2) is 9.66. The molecule has 2 aromatic rings. The highest BCUT2D eigenvalue weighted by atomic mass is 35.5. The van der Waals surface area contributed by atoms with Crippen molar-refractivity contribution in [2.75, 3.05) is 7.11 Å². The largest absolute Gasteiger partial charge is 0.465 e. The minimum Gasteiger partial charge on any atom is -0.465 e. The third kappa shape index (κ3) is 6.10. The number of carbonyl (C=O) groups excluding carboxylic acids is 1. The van der Waals surface area contributed by atoms with Crippen LogP contribution in [0.5, 0.6) is 5.75 Å². The molecule has 0 saturated heterocycles. The molecule has 0 aliphatic rings. The Labute approximate surface area is 153 Å². The van der Waals surface area contributed by atoms with E-state index in [2.05, 4.69) is 5.32 Å². The molecule has 2 rings (SSSR count). The van der Waals surface area contributed by atoms with E-state index in [1.54, 1.807) is 24.3 Å². The van der Waals surface area contributed by atoms with Gasteiger partial charge in [0.05, 0.1) is 7.11 Å². The number of esters is 1. The summed E-state index contributed by atoms with van der Waals surface area (Å²) >= 11 is 0. The number of ether oxygens (including phenoxy) is 2. The quantitative estimate of drug-likeness (QED) is 0.303. The summed E-state index contributed by atoms with van der Waals surface area (Å²) in [5, 5.41) is 10.4. The Bertz CT molecular complexity index is 703. The fraction of sp³-hybridized carbons (Fsp3) is 0.222. The molecule has 4 N–H and O–H groups in total. The maximum absolute atomic E-state index is 11.9. The number of hydrogen-bond acceptors (Lipinski definition) is 5. The molecule has 0 heterocycles. The van der Waals surface area contributed by atoms with Crippen LogP contribution < -0.4 is 15.8 Å². The fourth-order valence-corrected chi connectivity index (χ4v) is 2.05. The summed E-state index contributed by atoms with van der Waals surface area (Å²) in [6.07, 6.45) is -0.912. The molecular formula is C18H22ClN3O3. The third-order valence-corrected chi connectivity index (χ3v) is 3.45. The number of hydrogen-bond donors (Lipinski definition) is 3. The zero-order valence-corrected chi connectivity index (χ0v) is 14.9. The van der Waals surface area contributed by atoms with Gasteiger partial charge in [0.15, 0.2) is 0 Å². The number of benzene rings is 2. The van der Waals surface area contributed by atoms with Gasteiger partial charge in [0, 0.05) is 12.1 Å². The summed E-state index contributed by atoms with van der Waals surface area (Å²) in [6.45, 7) is 2.38. The lowest BCUT2D eigenvalue weighted by Crippen LogP contribution is -2.42. The van der Waals surface area contributed by atoms with Crippen molar-refractivity contribution in [3.05, 3.63) is 65.2 Å². The molecule has 0 aliphatic heterocycles. The van der Waals surface area contributed by atoms with Crippen LogP contribution in [0.1, 0.15) is 16.7 Å². The Morgan fingerprint density at radius 3 is 2.28 bits per heavy atom. The lowest BCUT2D eigenvalue weighted by atomic mass is 10.1. The highest BCUT2D eigenvalue weighted by molar-refractivity contribution is 5.94. The van der Waals surface area contributed by atoms with Crippen molar-refractivity contribution in [2.45, 2.75) is 19.7 Å². The van der Waals surface area contributed by atoms with E-state index < -0.39 is 12.2 Å². The van der Waals surface area contributed by atoms with Gasteiger partial charge in [-0.2, -0.15) is 0 Å². The molecule has 134 valence electrons. The number of amidine groups is 1. The Morgan fingerprint density at radius 2 is 1.76 bits per heavy atom. The van der Waals surface area contributed by atoms with Crippen LogP contribution in [-0.2, 0) is 16.1 Å². The van der Waals surface area contributed by atoms with Gasteiger partial charge < -0.3 is 15.2 Å². The first-order chi connectivity index (χ1) is 11.5. The van der Waals surface area contributed by atoms with E-state index in [1.165, 1.54) is 7.11 Å². The molecular weight excluding hydrogens is 342 g/mol. The molecule has 25 heavy (non-hydrogen) atoms. The third-order valence-electron chi connectivity index (χ3n) is 3.45. The second-order valence-corrected chi connectivity index (χ2v) is 5.33. The number of carbonyl (C=O) groups is 1. The van der Waals surface area contributed by atoms with E-state index in [-0.39, 0.29) is 18.2 Å². The molecule has 0 radical (unpaired) electrons. The molecule has 0 amide bonds. The van der Waals surface area contributed by atoms with Crippen LogP contribution in [0.25, 0.3) is 0 Å². The maximum atomic E-state index is 11.9. The monoisotopic (exact) mass is 363 g/mol. The van der Waals surface area contributed by atoms with Gasteiger partial charge in [-0.25, -0.2) is 4.79 Å². The van der Waals surface area contributed by atoms with E-state index >= 15 is 0 Å². The zero-order valence-electron chi connectivity index (χ0n) is 14.1. The summed E-state index contributed by atoms with van der Waals surface area (Å²) in [5.74, 6) is 0.0935. The van der Waals surface area contributed by atoms with Gasteiger partial charge in [0.25, 0.3) is 0 Å². The van der Waals surface area contributed by atoms with E-state index in [0.29, 0.717) is 17.9 Å². The number of nitrogens with two attached hydrogens (primary N) is 1. The van der Waals surface area contributed by atoms with Crippen molar-refractivity contribution in [1.82, 2.24) is 5.32 Å². The maximum Gasteiger partial charge on any atom is 0.362 e. The van der Waals surface area contributed by atoms with Gasteiger partial charge in [-0.3, -0.25) is 10.7 Å². The molecule has 0 aliphatic carbocycles. The Balaban J connectivity index is 0.00000312. The van der Waals surface area contributed by atoms with Gasteiger partial charge >= 0.3 is 5.97 Å². The molecule has 0 spiro atoms. The average molecular weight is 364 g/mol. The number of rotatable bonds is 7. The van der Waals surface area contributed by atoms with Crippen molar-refractivity contribution in [3.8, 4) is 5.75 Å². The fourth-order valence-electron chi connectivity index (χ4n) is 2.05. The molecule has 2 aromatic carbocycles. The van der Waals surface area contributed by atoms with Crippen LogP contribution in [0.2, 0.25) is 0 Å². The number of methoxy groups -OCH3 is 1. The predicted molar refractivity (Wildman–Crippen MR) is 99.2 cm³/mol. The van der Waals surface area contributed by atoms with Gasteiger partial charge in [0.2, 0.25) is 6.23 Å². The smallest absolute Gasteiger partial charge is 0.362 e. The lowest BCUT2D eigenvalue weighted by Gasteiger charge is -2.18. The van der Waals surface area contributed by atoms with Gasteiger partial charge in [0.1, 0.15) is 11.6 Å². The SMILES string of the molecule is COC(=O)C(NCc1ccc(C(=N)N)cc1)Oc1ccc(C)cc1.Cl. The minimum atomic E-state index is -0.912. The molecule has 1 atom stereocenters.